The Morgan fingerprint density at radius 3 is 2.43 bits per heavy atom. The van der Waals surface area contributed by atoms with E-state index in [1.165, 1.54) is 0 Å². The van der Waals surface area contributed by atoms with Crippen LogP contribution in [0.1, 0.15) is 40.5 Å². The van der Waals surface area contributed by atoms with Gasteiger partial charge in [0, 0.05) is 19.0 Å². The van der Waals surface area contributed by atoms with Crippen molar-refractivity contribution in [3.8, 4) is 0 Å². The van der Waals surface area contributed by atoms with Crippen LogP contribution in [0.5, 0.6) is 0 Å². The fraction of sp³-hybridized carbons (Fsp3) is 0.909. The van der Waals surface area contributed by atoms with Crippen LogP contribution < -0.4 is 0 Å². The zero-order valence-corrected chi connectivity index (χ0v) is 9.58. The molecule has 0 bridgehead atoms. The largest absolute Gasteiger partial charge is 0.391 e. The maximum atomic E-state index is 11.8. The second-order valence-electron chi connectivity index (χ2n) is 5.52. The normalized spacial score (nSPS) is 28.2. The Labute approximate surface area is 86.1 Å². The first-order valence-corrected chi connectivity index (χ1v) is 5.27. The predicted octanol–water partition coefficient (Wildman–Crippen LogP) is 1.40. The molecule has 3 heteroatoms. The van der Waals surface area contributed by atoms with E-state index in [1.54, 1.807) is 4.90 Å². The number of β-amino-alcohol motifs (C(OH)–C–C–N with tert-alkyl or cyclic N) is 1. The van der Waals surface area contributed by atoms with Crippen molar-refractivity contribution in [1.82, 2.24) is 4.90 Å². The Morgan fingerprint density at radius 2 is 2.07 bits per heavy atom. The van der Waals surface area contributed by atoms with Gasteiger partial charge in [0.15, 0.2) is 0 Å². The number of likely N-dealkylation sites (tertiary alicyclic amines) is 1. The second-order valence-corrected chi connectivity index (χ2v) is 5.52. The molecule has 1 unspecified atom stereocenters. The number of nitrogens with zero attached hydrogens (tertiary/aromatic N) is 1. The summed E-state index contributed by atoms with van der Waals surface area (Å²) in [7, 11) is 0. The molecule has 1 fully saturated rings. The summed E-state index contributed by atoms with van der Waals surface area (Å²) in [6.07, 6.45) is 0.953. The fourth-order valence-corrected chi connectivity index (χ4v) is 1.91. The summed E-state index contributed by atoms with van der Waals surface area (Å²) in [5.74, 6) is 0.168. The Balaban J connectivity index is 2.53. The Bertz CT molecular complexity index is 220. The SMILES string of the molecule is C[C@@H]1CC(O)CN1C(=O)CC(C)(C)C. The number of rotatable bonds is 1. The molecule has 0 aromatic rings. The average Bonchev–Trinajstić information content (AvgIpc) is 2.26. The molecule has 1 saturated heterocycles. The second kappa shape index (κ2) is 3.89. The molecule has 1 aliphatic heterocycles. The number of aliphatic hydroxyl groups excluding tert-OH is 1. The third-order valence-electron chi connectivity index (χ3n) is 2.55. The van der Waals surface area contributed by atoms with E-state index in [9.17, 15) is 9.90 Å². The van der Waals surface area contributed by atoms with Crippen molar-refractivity contribution in [1.29, 1.82) is 0 Å². The van der Waals surface area contributed by atoms with Crippen LogP contribution in [0.4, 0.5) is 0 Å². The van der Waals surface area contributed by atoms with Crippen LogP contribution >= 0.6 is 0 Å². The van der Waals surface area contributed by atoms with Crippen molar-refractivity contribution in [2.24, 2.45) is 5.41 Å². The number of hydrogen-bond donors (Lipinski definition) is 1. The fourth-order valence-electron chi connectivity index (χ4n) is 1.91. The van der Waals surface area contributed by atoms with Gasteiger partial charge in [0.05, 0.1) is 6.10 Å². The average molecular weight is 199 g/mol. The highest BCUT2D eigenvalue weighted by atomic mass is 16.3. The van der Waals surface area contributed by atoms with Crippen LogP contribution in [-0.2, 0) is 4.79 Å². The first-order valence-electron chi connectivity index (χ1n) is 5.27. The van der Waals surface area contributed by atoms with Crippen LogP contribution in [0, 0.1) is 5.41 Å². The summed E-state index contributed by atoms with van der Waals surface area (Å²) in [4.78, 5) is 13.6. The molecule has 0 saturated carbocycles. The third kappa shape index (κ3) is 2.98. The molecule has 0 aromatic carbocycles. The van der Waals surface area contributed by atoms with Crippen LogP contribution in [-0.4, -0.2) is 34.6 Å². The highest BCUT2D eigenvalue weighted by Gasteiger charge is 2.32. The van der Waals surface area contributed by atoms with Gasteiger partial charge in [-0.3, -0.25) is 4.79 Å². The highest BCUT2D eigenvalue weighted by molar-refractivity contribution is 5.77. The molecule has 0 radical (unpaired) electrons. The highest BCUT2D eigenvalue weighted by Crippen LogP contribution is 2.24. The zero-order chi connectivity index (χ0) is 10.9. The maximum absolute atomic E-state index is 11.8. The number of aliphatic hydroxyl groups is 1. The monoisotopic (exact) mass is 199 g/mol. The third-order valence-corrected chi connectivity index (χ3v) is 2.55. The van der Waals surface area contributed by atoms with Crippen LogP contribution in [0.25, 0.3) is 0 Å². The number of carbonyl (C=O) groups is 1. The molecule has 1 aliphatic rings. The van der Waals surface area contributed by atoms with Gasteiger partial charge in [0.25, 0.3) is 0 Å². The minimum atomic E-state index is -0.325. The van der Waals surface area contributed by atoms with E-state index in [-0.39, 0.29) is 23.5 Å². The zero-order valence-electron chi connectivity index (χ0n) is 9.58. The topological polar surface area (TPSA) is 40.5 Å². The Kier molecular flexibility index (Phi) is 3.20. The molecule has 14 heavy (non-hydrogen) atoms. The summed E-state index contributed by atoms with van der Waals surface area (Å²) in [6, 6.07) is 0.194. The number of hydrogen-bond acceptors (Lipinski definition) is 2. The van der Waals surface area contributed by atoms with Gasteiger partial charge in [0.1, 0.15) is 0 Å². The van der Waals surface area contributed by atoms with Gasteiger partial charge in [0.2, 0.25) is 5.91 Å². The van der Waals surface area contributed by atoms with Crippen molar-refractivity contribution in [3.05, 3.63) is 0 Å². The van der Waals surface area contributed by atoms with Gasteiger partial charge < -0.3 is 10.0 Å². The lowest BCUT2D eigenvalue weighted by Gasteiger charge is -2.25. The molecule has 0 aliphatic carbocycles. The first kappa shape index (κ1) is 11.5. The molecule has 1 amide bonds. The standard InChI is InChI=1S/C11H21NO2/c1-8-5-9(13)7-12(8)10(14)6-11(2,3)4/h8-9,13H,5-7H2,1-4H3/t8-,9?/m1/s1. The van der Waals surface area contributed by atoms with E-state index in [2.05, 4.69) is 20.8 Å². The lowest BCUT2D eigenvalue weighted by atomic mass is 9.91. The summed E-state index contributed by atoms with van der Waals surface area (Å²) >= 11 is 0. The molecule has 3 nitrogen and oxygen atoms in total. The first-order chi connectivity index (χ1) is 6.29. The smallest absolute Gasteiger partial charge is 0.223 e. The summed E-state index contributed by atoms with van der Waals surface area (Å²) < 4.78 is 0. The molecular formula is C11H21NO2. The molecule has 0 spiro atoms. The van der Waals surface area contributed by atoms with E-state index in [0.717, 1.165) is 6.42 Å². The van der Waals surface area contributed by atoms with Crippen molar-refractivity contribution in [2.45, 2.75) is 52.7 Å². The van der Waals surface area contributed by atoms with Gasteiger partial charge in [-0.15, -0.1) is 0 Å². The molecular weight excluding hydrogens is 178 g/mol. The van der Waals surface area contributed by atoms with E-state index in [1.807, 2.05) is 6.92 Å². The van der Waals surface area contributed by atoms with Crippen LogP contribution in [0.15, 0.2) is 0 Å². The van der Waals surface area contributed by atoms with Crippen LogP contribution in [0.3, 0.4) is 0 Å². The molecule has 82 valence electrons. The van der Waals surface area contributed by atoms with E-state index >= 15 is 0 Å². The van der Waals surface area contributed by atoms with E-state index < -0.39 is 0 Å². The van der Waals surface area contributed by atoms with Gasteiger partial charge >= 0.3 is 0 Å². The number of carbonyl (C=O) groups excluding carboxylic acids is 1. The van der Waals surface area contributed by atoms with Crippen molar-refractivity contribution >= 4 is 5.91 Å². The molecule has 1 rings (SSSR count). The summed E-state index contributed by atoms with van der Waals surface area (Å²) in [5, 5.41) is 9.42. The Hall–Kier alpha value is -0.570. The molecule has 0 aromatic heterocycles. The quantitative estimate of drug-likeness (QED) is 0.693. The van der Waals surface area contributed by atoms with Gasteiger partial charge in [-0.25, -0.2) is 0 Å². The molecule has 1 heterocycles. The minimum absolute atomic E-state index is 0.0321. The minimum Gasteiger partial charge on any atom is -0.391 e. The summed E-state index contributed by atoms with van der Waals surface area (Å²) in [5.41, 5.74) is 0.0321. The van der Waals surface area contributed by atoms with E-state index in [0.29, 0.717) is 13.0 Å². The lowest BCUT2D eigenvalue weighted by molar-refractivity contribution is -0.133. The van der Waals surface area contributed by atoms with Crippen molar-refractivity contribution in [3.63, 3.8) is 0 Å². The van der Waals surface area contributed by atoms with E-state index in [4.69, 9.17) is 0 Å². The van der Waals surface area contributed by atoms with Gasteiger partial charge in [-0.2, -0.15) is 0 Å². The lowest BCUT2D eigenvalue weighted by Crippen LogP contribution is -2.36. The van der Waals surface area contributed by atoms with Crippen molar-refractivity contribution < 1.29 is 9.90 Å². The van der Waals surface area contributed by atoms with Crippen LogP contribution in [0.2, 0.25) is 0 Å². The molecule has 1 N–H and O–H groups in total. The van der Waals surface area contributed by atoms with Crippen molar-refractivity contribution in [2.75, 3.05) is 6.54 Å². The number of amides is 1. The molecule has 2 atom stereocenters. The predicted molar refractivity (Wildman–Crippen MR) is 55.9 cm³/mol. The summed E-state index contributed by atoms with van der Waals surface area (Å²) in [6.45, 7) is 8.68. The maximum Gasteiger partial charge on any atom is 0.223 e. The van der Waals surface area contributed by atoms with Gasteiger partial charge in [-0.1, -0.05) is 20.8 Å². The Morgan fingerprint density at radius 1 is 1.50 bits per heavy atom. The van der Waals surface area contributed by atoms with Gasteiger partial charge in [-0.05, 0) is 18.8 Å².